The maximum absolute atomic E-state index is 12.3. The minimum atomic E-state index is -0.0245. The van der Waals surface area contributed by atoms with Crippen LogP contribution >= 0.6 is 0 Å². The Kier molecular flexibility index (Phi) is 4.06. The van der Waals surface area contributed by atoms with Crippen LogP contribution in [0.3, 0.4) is 0 Å². The average molecular weight is 316 g/mol. The van der Waals surface area contributed by atoms with E-state index in [4.69, 9.17) is 0 Å². The molecule has 24 heavy (non-hydrogen) atoms. The average Bonchev–Trinajstić information content (AvgIpc) is 2.55. The zero-order valence-electron chi connectivity index (χ0n) is 14.4. The molecule has 0 N–H and O–H groups in total. The van der Waals surface area contributed by atoms with Crippen molar-refractivity contribution in [1.29, 1.82) is 0 Å². The minimum absolute atomic E-state index is 0.0221. The van der Waals surface area contributed by atoms with Crippen LogP contribution < -0.4 is 0 Å². The van der Waals surface area contributed by atoms with Gasteiger partial charge in [0.1, 0.15) is 0 Å². The molecule has 2 heteroatoms. The Labute approximate surface area is 142 Å². The Bertz CT molecular complexity index is 981. The molecule has 2 nitrogen and oxygen atoms in total. The highest BCUT2D eigenvalue weighted by Crippen LogP contribution is 2.35. The Morgan fingerprint density at radius 2 is 1.42 bits per heavy atom. The van der Waals surface area contributed by atoms with Crippen LogP contribution in [0.2, 0.25) is 0 Å². The van der Waals surface area contributed by atoms with E-state index in [9.17, 15) is 9.59 Å². The molecule has 0 aromatic heterocycles. The number of hydrogen-bond donors (Lipinski definition) is 0. The fourth-order valence-electron chi connectivity index (χ4n) is 3.35. The fourth-order valence-corrected chi connectivity index (χ4v) is 3.35. The van der Waals surface area contributed by atoms with Crippen molar-refractivity contribution in [3.05, 3.63) is 70.8 Å². The van der Waals surface area contributed by atoms with Crippen molar-refractivity contribution in [3.8, 4) is 11.1 Å². The largest absolute Gasteiger partial charge is 0.294 e. The molecule has 0 unspecified atom stereocenters. The zero-order chi connectivity index (χ0) is 17.4. The third-order valence-corrected chi connectivity index (χ3v) is 4.62. The summed E-state index contributed by atoms with van der Waals surface area (Å²) in [6.45, 7) is 7.22. The highest BCUT2D eigenvalue weighted by atomic mass is 16.1. The molecule has 0 spiro atoms. The topological polar surface area (TPSA) is 34.1 Å². The molecule has 0 heterocycles. The van der Waals surface area contributed by atoms with E-state index in [1.807, 2.05) is 30.3 Å². The highest BCUT2D eigenvalue weighted by Gasteiger charge is 2.18. The van der Waals surface area contributed by atoms with Crippen LogP contribution in [-0.4, -0.2) is 11.6 Å². The SMILES string of the molecule is CC(=O)c1cccc2c(C)c(-c3ccccc3C)cc(C(C)=O)c12. The molecule has 0 saturated carbocycles. The second kappa shape index (κ2) is 6.04. The van der Waals surface area contributed by atoms with E-state index in [0.29, 0.717) is 11.1 Å². The standard InChI is InChI=1S/C22H20O2/c1-13-8-5-6-9-17(13)20-12-21(16(4)24)22-18(14(20)2)10-7-11-19(22)15(3)23/h5-12H,1-4H3. The lowest BCUT2D eigenvalue weighted by Gasteiger charge is -2.16. The van der Waals surface area contributed by atoms with Crippen molar-refractivity contribution in [2.75, 3.05) is 0 Å². The maximum atomic E-state index is 12.3. The van der Waals surface area contributed by atoms with E-state index in [-0.39, 0.29) is 11.6 Å². The van der Waals surface area contributed by atoms with Crippen LogP contribution in [0.1, 0.15) is 45.7 Å². The summed E-state index contributed by atoms with van der Waals surface area (Å²) < 4.78 is 0. The van der Waals surface area contributed by atoms with E-state index >= 15 is 0 Å². The summed E-state index contributed by atoms with van der Waals surface area (Å²) in [5.41, 5.74) is 5.64. The minimum Gasteiger partial charge on any atom is -0.294 e. The lowest BCUT2D eigenvalue weighted by atomic mass is 9.86. The number of fused-ring (bicyclic) bond motifs is 1. The quantitative estimate of drug-likeness (QED) is 0.595. The van der Waals surface area contributed by atoms with Gasteiger partial charge in [0.25, 0.3) is 0 Å². The van der Waals surface area contributed by atoms with Crippen molar-refractivity contribution < 1.29 is 9.59 Å². The van der Waals surface area contributed by atoms with Crippen LogP contribution in [0, 0.1) is 13.8 Å². The molecule has 0 aliphatic carbocycles. The van der Waals surface area contributed by atoms with E-state index in [0.717, 1.165) is 33.0 Å². The van der Waals surface area contributed by atoms with E-state index < -0.39 is 0 Å². The number of aryl methyl sites for hydroxylation is 2. The van der Waals surface area contributed by atoms with Gasteiger partial charge in [0, 0.05) is 16.5 Å². The Hall–Kier alpha value is -2.74. The number of hydrogen-bond acceptors (Lipinski definition) is 2. The summed E-state index contributed by atoms with van der Waals surface area (Å²) in [6, 6.07) is 15.8. The normalized spacial score (nSPS) is 10.8. The molecule has 120 valence electrons. The van der Waals surface area contributed by atoms with Gasteiger partial charge < -0.3 is 0 Å². The lowest BCUT2D eigenvalue weighted by Crippen LogP contribution is -2.03. The number of benzene rings is 3. The number of carbonyl (C=O) groups is 2. The van der Waals surface area contributed by atoms with Crippen LogP contribution in [0.15, 0.2) is 48.5 Å². The molecule has 0 bridgehead atoms. The van der Waals surface area contributed by atoms with Gasteiger partial charge in [-0.25, -0.2) is 0 Å². The first-order valence-corrected chi connectivity index (χ1v) is 8.06. The van der Waals surface area contributed by atoms with E-state index in [2.05, 4.69) is 26.0 Å². The van der Waals surface area contributed by atoms with Gasteiger partial charge >= 0.3 is 0 Å². The maximum Gasteiger partial charge on any atom is 0.160 e. The molecule has 0 atom stereocenters. The van der Waals surface area contributed by atoms with Crippen molar-refractivity contribution in [1.82, 2.24) is 0 Å². The molecule has 0 amide bonds. The smallest absolute Gasteiger partial charge is 0.160 e. The van der Waals surface area contributed by atoms with E-state index in [1.165, 1.54) is 0 Å². The third-order valence-electron chi connectivity index (χ3n) is 4.62. The van der Waals surface area contributed by atoms with Gasteiger partial charge in [-0.2, -0.15) is 0 Å². The number of Topliss-reactive ketones (excluding diaryl/α,β-unsaturated/α-hetero) is 2. The van der Waals surface area contributed by atoms with Crippen LogP contribution in [0.5, 0.6) is 0 Å². The predicted octanol–water partition coefficient (Wildman–Crippen LogP) is 5.53. The van der Waals surface area contributed by atoms with Crippen LogP contribution in [0.25, 0.3) is 21.9 Å². The molecule has 0 aliphatic rings. The highest BCUT2D eigenvalue weighted by molar-refractivity contribution is 6.17. The van der Waals surface area contributed by atoms with Crippen molar-refractivity contribution in [3.63, 3.8) is 0 Å². The molecule has 3 aromatic carbocycles. The molecule has 0 radical (unpaired) electrons. The Balaban J connectivity index is 2.48. The van der Waals surface area contributed by atoms with Gasteiger partial charge in [-0.1, -0.05) is 42.5 Å². The first kappa shape index (κ1) is 16.1. The summed E-state index contributed by atoms with van der Waals surface area (Å²) in [5, 5.41) is 1.74. The molecule has 3 aromatic rings. The molecular formula is C22H20O2. The molecular weight excluding hydrogens is 296 g/mol. The summed E-state index contributed by atoms with van der Waals surface area (Å²) in [7, 11) is 0. The first-order chi connectivity index (χ1) is 11.4. The number of ketones is 2. The van der Waals surface area contributed by atoms with Crippen molar-refractivity contribution in [2.24, 2.45) is 0 Å². The monoisotopic (exact) mass is 316 g/mol. The Morgan fingerprint density at radius 1 is 0.750 bits per heavy atom. The van der Waals surface area contributed by atoms with Gasteiger partial charge in [0.15, 0.2) is 11.6 Å². The summed E-state index contributed by atoms with van der Waals surface area (Å²) in [6.07, 6.45) is 0. The Morgan fingerprint density at radius 3 is 2.04 bits per heavy atom. The summed E-state index contributed by atoms with van der Waals surface area (Å²) >= 11 is 0. The number of rotatable bonds is 3. The third kappa shape index (κ3) is 2.54. The van der Waals surface area contributed by atoms with Gasteiger partial charge in [-0.05, 0) is 61.4 Å². The fraction of sp³-hybridized carbons (Fsp3) is 0.182. The zero-order valence-corrected chi connectivity index (χ0v) is 14.4. The van der Waals surface area contributed by atoms with Crippen LogP contribution in [0.4, 0.5) is 0 Å². The molecule has 3 rings (SSSR count). The van der Waals surface area contributed by atoms with Crippen molar-refractivity contribution in [2.45, 2.75) is 27.7 Å². The summed E-state index contributed by atoms with van der Waals surface area (Å²) in [5.74, 6) is -0.0466. The van der Waals surface area contributed by atoms with Gasteiger partial charge in [0.05, 0.1) is 0 Å². The van der Waals surface area contributed by atoms with Gasteiger partial charge in [0.2, 0.25) is 0 Å². The second-order valence-electron chi connectivity index (χ2n) is 6.25. The molecule has 0 aliphatic heterocycles. The number of carbonyl (C=O) groups excluding carboxylic acids is 2. The predicted molar refractivity (Wildman–Crippen MR) is 98.9 cm³/mol. The van der Waals surface area contributed by atoms with Crippen LogP contribution in [-0.2, 0) is 0 Å². The second-order valence-corrected chi connectivity index (χ2v) is 6.25. The molecule has 0 saturated heterocycles. The molecule has 0 fully saturated rings. The van der Waals surface area contributed by atoms with Crippen molar-refractivity contribution >= 4 is 22.3 Å². The van der Waals surface area contributed by atoms with E-state index in [1.54, 1.807) is 19.9 Å². The first-order valence-electron chi connectivity index (χ1n) is 8.06. The lowest BCUT2D eigenvalue weighted by molar-refractivity contribution is 0.101. The van der Waals surface area contributed by atoms with Gasteiger partial charge in [-0.3, -0.25) is 9.59 Å². The summed E-state index contributed by atoms with van der Waals surface area (Å²) in [4.78, 5) is 24.3. The van der Waals surface area contributed by atoms with Gasteiger partial charge in [-0.15, -0.1) is 0 Å².